The van der Waals surface area contributed by atoms with Crippen LogP contribution in [0.1, 0.15) is 71.1 Å². The van der Waals surface area contributed by atoms with Crippen LogP contribution in [-0.4, -0.2) is 111 Å². The van der Waals surface area contributed by atoms with Crippen LogP contribution in [0.25, 0.3) is 0 Å². The summed E-state index contributed by atoms with van der Waals surface area (Å²) < 4.78 is 59.8. The van der Waals surface area contributed by atoms with Crippen molar-refractivity contribution in [3.8, 4) is 5.75 Å². The van der Waals surface area contributed by atoms with Crippen molar-refractivity contribution in [2.75, 3.05) is 38.9 Å². The molecule has 1 spiro atoms. The molecule has 2 aromatic heterocycles. The van der Waals surface area contributed by atoms with Crippen molar-refractivity contribution in [1.82, 2.24) is 24.7 Å². The number of aromatic nitrogens is 2. The molecule has 3 aromatic rings. The van der Waals surface area contributed by atoms with Gasteiger partial charge in [0.25, 0.3) is 11.8 Å². The van der Waals surface area contributed by atoms with E-state index >= 15 is 0 Å². The van der Waals surface area contributed by atoms with Gasteiger partial charge in [-0.1, -0.05) is 17.3 Å². The van der Waals surface area contributed by atoms with E-state index in [-0.39, 0.29) is 35.2 Å². The number of anilines is 1. The summed E-state index contributed by atoms with van der Waals surface area (Å²) in [5, 5.41) is 6.62. The number of ether oxygens (including phenoxy) is 3. The second-order valence-corrected chi connectivity index (χ2v) is 15.6. The first-order valence-electron chi connectivity index (χ1n) is 18.4. The number of carbonyl (C=O) groups is 5. The number of benzene rings is 1. The van der Waals surface area contributed by atoms with Crippen molar-refractivity contribution in [2.24, 2.45) is 5.16 Å². The lowest BCUT2D eigenvalue weighted by molar-refractivity contribution is -0.141. The zero-order valence-electron chi connectivity index (χ0n) is 33.0. The molecule has 0 saturated carbocycles. The molecule has 3 N–H and O–H groups in total. The third kappa shape index (κ3) is 9.54. The predicted octanol–water partition coefficient (Wildman–Crippen LogP) is 2.98. The van der Waals surface area contributed by atoms with Crippen LogP contribution in [0.3, 0.4) is 0 Å². The summed E-state index contributed by atoms with van der Waals surface area (Å²) in [7, 11) is -2.82. The lowest BCUT2D eigenvalue weighted by atomic mass is 9.84. The van der Waals surface area contributed by atoms with Crippen LogP contribution in [0.15, 0.2) is 52.7 Å². The van der Waals surface area contributed by atoms with E-state index in [4.69, 9.17) is 24.1 Å². The third-order valence-electron chi connectivity index (χ3n) is 10.3. The number of oxime groups is 1. The van der Waals surface area contributed by atoms with Gasteiger partial charge in [-0.15, -0.1) is 0 Å². The fraction of sp³-hybridized carbons (Fsp3) is 0.405. The number of hydrogen-bond donors (Lipinski definition) is 3. The molecule has 3 atom stereocenters. The van der Waals surface area contributed by atoms with Crippen molar-refractivity contribution < 1.29 is 70.7 Å². The Bertz CT molecular complexity index is 2410. The number of fused-ring (bicyclic) bond motifs is 5. The lowest BCUT2D eigenvalue weighted by Crippen LogP contribution is -2.52. The molecule has 24 heteroatoms. The van der Waals surface area contributed by atoms with Gasteiger partial charge in [0.1, 0.15) is 29.6 Å². The van der Waals surface area contributed by atoms with Crippen molar-refractivity contribution in [1.29, 1.82) is 0 Å². The molecular formula is C37H40F2N7O14P. The van der Waals surface area contributed by atoms with E-state index in [0.29, 0.717) is 31.0 Å². The molecule has 1 saturated heterocycles. The number of halogens is 2. The van der Waals surface area contributed by atoms with Crippen molar-refractivity contribution in [2.45, 2.75) is 63.9 Å². The molecule has 0 aliphatic carbocycles. The molecule has 61 heavy (non-hydrogen) atoms. The number of carbonyl (C=O) groups excluding carboxylic acids is 5. The second kappa shape index (κ2) is 17.7. The van der Waals surface area contributed by atoms with Gasteiger partial charge in [-0.25, -0.2) is 32.4 Å². The van der Waals surface area contributed by atoms with Crippen LogP contribution in [0, 0.1) is 11.6 Å². The van der Waals surface area contributed by atoms with Crippen molar-refractivity contribution in [3.05, 3.63) is 87.0 Å². The van der Waals surface area contributed by atoms with Gasteiger partial charge in [0.2, 0.25) is 18.0 Å². The van der Waals surface area contributed by atoms with Crippen LogP contribution >= 0.6 is 7.82 Å². The zero-order valence-corrected chi connectivity index (χ0v) is 33.9. The van der Waals surface area contributed by atoms with E-state index in [1.165, 1.54) is 34.8 Å². The molecule has 3 aliphatic rings. The Hall–Kier alpha value is -6.29. The Morgan fingerprint density at radius 2 is 1.89 bits per heavy atom. The molecule has 0 radical (unpaired) electrons. The number of methoxy groups -OCH3 is 1. The number of nitrogens with zero attached hydrogens (tertiary/aromatic N) is 6. The van der Waals surface area contributed by atoms with Gasteiger partial charge < -0.3 is 43.6 Å². The number of phosphoric ester groups is 1. The first-order chi connectivity index (χ1) is 28.8. The molecule has 5 heterocycles. The van der Waals surface area contributed by atoms with E-state index in [1.807, 2.05) is 6.92 Å². The van der Waals surface area contributed by atoms with Crippen LogP contribution in [0.5, 0.6) is 5.75 Å². The number of nitrogens with one attached hydrogen (secondary N) is 1. The highest BCUT2D eigenvalue weighted by Crippen LogP contribution is 2.46. The Kier molecular flexibility index (Phi) is 12.9. The highest BCUT2D eigenvalue weighted by Gasteiger charge is 2.54. The minimum atomic E-state index is -5.04. The van der Waals surface area contributed by atoms with E-state index in [2.05, 4.69) is 24.7 Å². The minimum absolute atomic E-state index is 0.0661. The van der Waals surface area contributed by atoms with Gasteiger partial charge in [0.15, 0.2) is 11.3 Å². The molecular weight excluding hydrogens is 835 g/mol. The van der Waals surface area contributed by atoms with Crippen molar-refractivity contribution in [3.63, 3.8) is 0 Å². The smallest absolute Gasteiger partial charge is 0.468 e. The van der Waals surface area contributed by atoms with Gasteiger partial charge in [0, 0.05) is 62.2 Å². The largest absolute Gasteiger partial charge is 0.472 e. The summed E-state index contributed by atoms with van der Waals surface area (Å²) in [4.78, 5) is 113. The molecule has 21 nitrogen and oxygen atoms in total. The van der Waals surface area contributed by atoms with Gasteiger partial charge in [-0.2, -0.15) is 0 Å². The number of pyridine rings is 2. The standard InChI is InChI=1S/C37H40F2N7O14P/c1-20-13-37(60-42-20)10-9-21(2)45-17-27(37)46-16-25(33(49)41-14-22-7-8-24(38)12-26(22)39)30(48)31(29(46)34(45)50)59-35(51)43(3)32-23(6-5-11-40-32)15-44(18-28(47)56-4)36(52)57-19-58-61(53,54)55/h5-8,11-12,16,21,27H,9-10,13-15,17-19H2,1-4H3,(H,41,49)(H2,53,54,55)/t21-,27+,37-/m0/s1. The summed E-state index contributed by atoms with van der Waals surface area (Å²) >= 11 is 0. The average Bonchev–Trinajstić information content (AvgIpc) is 3.54. The zero-order chi connectivity index (χ0) is 44.4. The first kappa shape index (κ1) is 44.3. The summed E-state index contributed by atoms with van der Waals surface area (Å²) in [6, 6.07) is 4.40. The normalized spacial score (nSPS) is 19.2. The SMILES string of the molecule is COC(=O)CN(Cc1cccnc1N(C)C(=O)Oc1c2n(cc(C(=O)NCc3ccc(F)cc3F)c1=O)[C@@H]1CN(C2=O)[C@@H](C)CC[C@]12CC(C)=NO2)C(=O)OCOP(=O)(O)O. The predicted molar refractivity (Wildman–Crippen MR) is 204 cm³/mol. The van der Waals surface area contributed by atoms with Gasteiger partial charge in [-0.05, 0) is 38.8 Å². The summed E-state index contributed by atoms with van der Waals surface area (Å²) in [5.74, 6) is -5.51. The van der Waals surface area contributed by atoms with Crippen molar-refractivity contribution >= 4 is 49.3 Å². The molecule has 0 unspecified atom stereocenters. The van der Waals surface area contributed by atoms with Crippen LogP contribution in [-0.2, 0) is 41.3 Å². The topological polar surface area (TPSA) is 258 Å². The van der Waals surface area contributed by atoms with Gasteiger partial charge in [-0.3, -0.25) is 29.0 Å². The molecule has 1 fully saturated rings. The highest BCUT2D eigenvalue weighted by atomic mass is 31.2. The fourth-order valence-electron chi connectivity index (χ4n) is 7.25. The molecule has 1 aromatic carbocycles. The van der Waals surface area contributed by atoms with E-state index in [0.717, 1.165) is 35.2 Å². The Balaban J connectivity index is 1.38. The third-order valence-corrected chi connectivity index (χ3v) is 10.8. The van der Waals surface area contributed by atoms with Gasteiger partial charge >= 0.3 is 26.0 Å². The molecule has 3 aliphatic heterocycles. The Morgan fingerprint density at radius 3 is 2.56 bits per heavy atom. The monoisotopic (exact) mass is 875 g/mol. The second-order valence-electron chi connectivity index (χ2n) is 14.4. The number of phosphoric acid groups is 1. The van der Waals surface area contributed by atoms with E-state index < -0.39 is 104 Å². The molecule has 2 bridgehead atoms. The maximum Gasteiger partial charge on any atom is 0.472 e. The van der Waals surface area contributed by atoms with Crippen LogP contribution < -0.4 is 20.4 Å². The van der Waals surface area contributed by atoms with E-state index in [1.54, 1.807) is 6.92 Å². The van der Waals surface area contributed by atoms with Crippen LogP contribution in [0.4, 0.5) is 24.2 Å². The maximum absolute atomic E-state index is 14.5. The number of esters is 1. The number of rotatable bonds is 12. The summed E-state index contributed by atoms with van der Waals surface area (Å²) in [6.45, 7) is 0.715. The van der Waals surface area contributed by atoms with E-state index in [9.17, 15) is 42.1 Å². The molecule has 4 amide bonds. The number of hydrogen-bond acceptors (Lipinski definition) is 14. The lowest BCUT2D eigenvalue weighted by Gasteiger charge is -2.42. The molecule has 6 rings (SSSR count). The Morgan fingerprint density at radius 1 is 1.13 bits per heavy atom. The number of amides is 4. The summed E-state index contributed by atoms with van der Waals surface area (Å²) in [6.07, 6.45) is 1.04. The summed E-state index contributed by atoms with van der Waals surface area (Å²) in [5.41, 5.74) is -2.58. The average molecular weight is 876 g/mol. The van der Waals surface area contributed by atoms with Crippen LogP contribution in [0.2, 0.25) is 0 Å². The fourth-order valence-corrected chi connectivity index (χ4v) is 7.44. The first-order valence-corrected chi connectivity index (χ1v) is 20.0. The minimum Gasteiger partial charge on any atom is -0.468 e. The quantitative estimate of drug-likeness (QED) is 0.134. The highest BCUT2D eigenvalue weighted by molar-refractivity contribution is 7.46. The molecule has 326 valence electrons. The van der Waals surface area contributed by atoms with Gasteiger partial charge in [0.05, 0.1) is 25.4 Å². The maximum atomic E-state index is 14.5. The Labute approximate surface area is 345 Å².